The largest absolute Gasteiger partial charge is 0.310 e. The zero-order valence-electron chi connectivity index (χ0n) is 10.2. The van der Waals surface area contributed by atoms with E-state index in [4.69, 9.17) is 5.84 Å². The van der Waals surface area contributed by atoms with Crippen molar-refractivity contribution in [1.29, 1.82) is 0 Å². The number of hydrazine groups is 1. The van der Waals surface area contributed by atoms with E-state index in [9.17, 15) is 9.18 Å². The number of carbonyl (C=O) groups excluding carboxylic acids is 1. The summed E-state index contributed by atoms with van der Waals surface area (Å²) in [5, 5.41) is 0. The van der Waals surface area contributed by atoms with Crippen LogP contribution in [0.25, 0.3) is 0 Å². The van der Waals surface area contributed by atoms with Gasteiger partial charge in [0, 0.05) is 12.7 Å². The van der Waals surface area contributed by atoms with Crippen LogP contribution in [0.2, 0.25) is 0 Å². The monoisotopic (exact) mass is 261 g/mol. The second-order valence-electron chi connectivity index (χ2n) is 3.78. The lowest BCUT2D eigenvalue weighted by Crippen LogP contribution is -2.27. The Bertz CT molecular complexity index is 604. The lowest BCUT2D eigenvalue weighted by molar-refractivity contribution is 0.0988. The summed E-state index contributed by atoms with van der Waals surface area (Å²) in [4.78, 5) is 21.3. The molecule has 2 aromatic rings. The van der Waals surface area contributed by atoms with E-state index in [0.717, 1.165) is 0 Å². The van der Waals surface area contributed by atoms with Gasteiger partial charge >= 0.3 is 0 Å². The minimum Gasteiger partial charge on any atom is -0.310 e. The molecule has 0 aliphatic rings. The minimum atomic E-state index is -0.416. The second kappa shape index (κ2) is 5.40. The summed E-state index contributed by atoms with van der Waals surface area (Å²) >= 11 is 0. The SMILES string of the molecule is CN(C(=O)c1cncc(NN)n1)c1cccc(F)c1. The molecule has 0 bridgehead atoms. The molecule has 6 nitrogen and oxygen atoms in total. The summed E-state index contributed by atoms with van der Waals surface area (Å²) in [5.41, 5.74) is 2.85. The van der Waals surface area contributed by atoms with Crippen LogP contribution in [0.4, 0.5) is 15.9 Å². The quantitative estimate of drug-likeness (QED) is 0.640. The molecule has 1 amide bonds. The third-order valence-electron chi connectivity index (χ3n) is 2.50. The summed E-state index contributed by atoms with van der Waals surface area (Å²) in [7, 11) is 1.53. The van der Waals surface area contributed by atoms with E-state index in [-0.39, 0.29) is 11.5 Å². The van der Waals surface area contributed by atoms with Crippen molar-refractivity contribution in [3.05, 3.63) is 48.2 Å². The Kier molecular flexibility index (Phi) is 3.67. The smallest absolute Gasteiger partial charge is 0.278 e. The molecule has 0 fully saturated rings. The van der Waals surface area contributed by atoms with Crippen molar-refractivity contribution in [2.75, 3.05) is 17.4 Å². The Hall–Kier alpha value is -2.54. The van der Waals surface area contributed by atoms with E-state index >= 15 is 0 Å². The number of nitrogens with one attached hydrogen (secondary N) is 1. The van der Waals surface area contributed by atoms with Crippen LogP contribution in [-0.4, -0.2) is 22.9 Å². The molecule has 2 rings (SSSR count). The van der Waals surface area contributed by atoms with Gasteiger partial charge in [-0.2, -0.15) is 0 Å². The molecule has 0 atom stereocenters. The Labute approximate surface area is 109 Å². The van der Waals surface area contributed by atoms with Gasteiger partial charge in [-0.15, -0.1) is 0 Å². The molecule has 0 saturated carbocycles. The van der Waals surface area contributed by atoms with Crippen molar-refractivity contribution in [2.45, 2.75) is 0 Å². The fourth-order valence-electron chi connectivity index (χ4n) is 1.51. The van der Waals surface area contributed by atoms with E-state index in [1.807, 2.05) is 0 Å². The van der Waals surface area contributed by atoms with Gasteiger partial charge in [-0.3, -0.25) is 9.78 Å². The summed E-state index contributed by atoms with van der Waals surface area (Å²) in [6.45, 7) is 0. The van der Waals surface area contributed by atoms with Crippen LogP contribution >= 0.6 is 0 Å². The van der Waals surface area contributed by atoms with Crippen molar-refractivity contribution in [3.63, 3.8) is 0 Å². The normalized spacial score (nSPS) is 10.1. The number of hydrogen-bond donors (Lipinski definition) is 2. The maximum atomic E-state index is 13.1. The van der Waals surface area contributed by atoms with Gasteiger partial charge in [-0.25, -0.2) is 15.2 Å². The molecule has 98 valence electrons. The molecule has 7 heteroatoms. The molecule has 1 heterocycles. The number of nitrogen functional groups attached to an aromatic ring is 1. The Balaban J connectivity index is 2.28. The summed E-state index contributed by atoms with van der Waals surface area (Å²) in [6.07, 6.45) is 2.71. The van der Waals surface area contributed by atoms with E-state index < -0.39 is 11.7 Å². The van der Waals surface area contributed by atoms with Crippen molar-refractivity contribution < 1.29 is 9.18 Å². The lowest BCUT2D eigenvalue weighted by Gasteiger charge is -2.16. The number of benzene rings is 1. The molecule has 1 aromatic carbocycles. The highest BCUT2D eigenvalue weighted by Crippen LogP contribution is 2.16. The van der Waals surface area contributed by atoms with Crippen LogP contribution in [0.3, 0.4) is 0 Å². The molecular weight excluding hydrogens is 249 g/mol. The second-order valence-corrected chi connectivity index (χ2v) is 3.78. The van der Waals surface area contributed by atoms with E-state index in [1.54, 1.807) is 6.07 Å². The number of halogens is 1. The predicted molar refractivity (Wildman–Crippen MR) is 69.0 cm³/mol. The molecule has 0 spiro atoms. The van der Waals surface area contributed by atoms with Crippen LogP contribution in [0.1, 0.15) is 10.5 Å². The molecule has 1 aromatic heterocycles. The summed E-state index contributed by atoms with van der Waals surface area (Å²) in [5.74, 6) is 4.65. The highest BCUT2D eigenvalue weighted by Gasteiger charge is 2.16. The average Bonchev–Trinajstić information content (AvgIpc) is 2.45. The number of aromatic nitrogens is 2. The van der Waals surface area contributed by atoms with Crippen LogP contribution in [0.5, 0.6) is 0 Å². The highest BCUT2D eigenvalue weighted by molar-refractivity contribution is 6.04. The zero-order chi connectivity index (χ0) is 13.8. The summed E-state index contributed by atoms with van der Waals surface area (Å²) < 4.78 is 13.1. The first-order chi connectivity index (χ1) is 9.11. The first-order valence-corrected chi connectivity index (χ1v) is 5.44. The maximum Gasteiger partial charge on any atom is 0.278 e. The van der Waals surface area contributed by atoms with Gasteiger partial charge in [0.15, 0.2) is 5.82 Å². The van der Waals surface area contributed by atoms with Gasteiger partial charge in [0.2, 0.25) is 0 Å². The molecule has 19 heavy (non-hydrogen) atoms. The number of nitrogens with two attached hydrogens (primary N) is 1. The van der Waals surface area contributed by atoms with E-state index in [0.29, 0.717) is 5.69 Å². The zero-order valence-corrected chi connectivity index (χ0v) is 10.2. The molecule has 0 radical (unpaired) electrons. The highest BCUT2D eigenvalue weighted by atomic mass is 19.1. The van der Waals surface area contributed by atoms with Crippen molar-refractivity contribution in [3.8, 4) is 0 Å². The fraction of sp³-hybridized carbons (Fsp3) is 0.0833. The van der Waals surface area contributed by atoms with Gasteiger partial charge in [0.05, 0.1) is 12.4 Å². The third kappa shape index (κ3) is 2.83. The van der Waals surface area contributed by atoms with Gasteiger partial charge in [-0.1, -0.05) is 6.07 Å². The predicted octanol–water partition coefficient (Wildman–Crippen LogP) is 1.18. The molecule has 0 aliphatic carbocycles. The Morgan fingerprint density at radius 2 is 2.21 bits per heavy atom. The molecule has 0 saturated heterocycles. The third-order valence-corrected chi connectivity index (χ3v) is 2.50. The fourth-order valence-corrected chi connectivity index (χ4v) is 1.51. The maximum absolute atomic E-state index is 13.1. The molecular formula is C12H12FN5O. The van der Waals surface area contributed by atoms with E-state index in [2.05, 4.69) is 15.4 Å². The average molecular weight is 261 g/mol. The van der Waals surface area contributed by atoms with Gasteiger partial charge < -0.3 is 10.3 Å². The van der Waals surface area contributed by atoms with Crippen LogP contribution in [0.15, 0.2) is 36.7 Å². The molecule has 0 aliphatic heterocycles. The topological polar surface area (TPSA) is 84.1 Å². The number of carbonyl (C=O) groups is 1. The Morgan fingerprint density at radius 3 is 2.89 bits per heavy atom. The lowest BCUT2D eigenvalue weighted by atomic mass is 10.2. The van der Waals surface area contributed by atoms with Gasteiger partial charge in [0.1, 0.15) is 11.5 Å². The van der Waals surface area contributed by atoms with Crippen molar-refractivity contribution in [2.24, 2.45) is 5.84 Å². The number of nitrogens with zero attached hydrogens (tertiary/aromatic N) is 3. The van der Waals surface area contributed by atoms with E-state index in [1.165, 1.54) is 42.5 Å². The summed E-state index contributed by atoms with van der Waals surface area (Å²) in [6, 6.07) is 5.72. The number of anilines is 2. The van der Waals surface area contributed by atoms with Gasteiger partial charge in [0.25, 0.3) is 5.91 Å². The number of amides is 1. The first-order valence-electron chi connectivity index (χ1n) is 5.44. The van der Waals surface area contributed by atoms with Crippen LogP contribution in [0, 0.1) is 5.82 Å². The molecule has 3 N–H and O–H groups in total. The van der Waals surface area contributed by atoms with Crippen molar-refractivity contribution in [1.82, 2.24) is 9.97 Å². The molecule has 0 unspecified atom stereocenters. The van der Waals surface area contributed by atoms with Crippen LogP contribution < -0.4 is 16.2 Å². The standard InChI is InChI=1S/C12H12FN5O/c1-18(9-4-2-3-8(13)5-9)12(19)10-6-15-7-11(16-10)17-14/h2-7H,14H2,1H3,(H,16,17). The van der Waals surface area contributed by atoms with Crippen molar-refractivity contribution >= 4 is 17.4 Å². The minimum absolute atomic E-state index is 0.113. The Morgan fingerprint density at radius 1 is 1.42 bits per heavy atom. The number of hydrogen-bond acceptors (Lipinski definition) is 5. The van der Waals surface area contributed by atoms with Crippen LogP contribution in [-0.2, 0) is 0 Å². The van der Waals surface area contributed by atoms with Gasteiger partial charge in [-0.05, 0) is 18.2 Å². The number of rotatable bonds is 3. The first kappa shape index (κ1) is 12.9.